The zero-order valence-corrected chi connectivity index (χ0v) is 16.5. The number of likely N-dealkylation sites (N-methyl/N-ethyl adjacent to an activating group) is 1. The number of thiazole rings is 1. The van der Waals surface area contributed by atoms with E-state index in [-0.39, 0.29) is 36.6 Å². The lowest BCUT2D eigenvalue weighted by atomic mass is 9.96. The SMILES string of the molecule is CNC(C)CNC(=O)C1CCN(Cc2csc(C)n2)CC1.Cl.Cl. The maximum Gasteiger partial charge on any atom is 0.223 e. The summed E-state index contributed by atoms with van der Waals surface area (Å²) in [6.45, 7) is 7.69. The molecule has 2 heterocycles. The van der Waals surface area contributed by atoms with Crippen LogP contribution in [0.2, 0.25) is 0 Å². The molecule has 1 fully saturated rings. The molecule has 5 nitrogen and oxygen atoms in total. The zero-order valence-electron chi connectivity index (χ0n) is 14.0. The van der Waals surface area contributed by atoms with Crippen LogP contribution >= 0.6 is 36.2 Å². The molecule has 23 heavy (non-hydrogen) atoms. The topological polar surface area (TPSA) is 57.3 Å². The quantitative estimate of drug-likeness (QED) is 0.791. The molecule has 0 aliphatic carbocycles. The minimum atomic E-state index is 0. The molecule has 1 atom stereocenters. The Morgan fingerprint density at radius 1 is 1.43 bits per heavy atom. The van der Waals surface area contributed by atoms with Crippen molar-refractivity contribution in [3.63, 3.8) is 0 Å². The smallest absolute Gasteiger partial charge is 0.223 e. The van der Waals surface area contributed by atoms with Crippen molar-refractivity contribution in [3.8, 4) is 0 Å². The molecule has 0 spiro atoms. The molecular formula is C15H28Cl2N4OS. The minimum absolute atomic E-state index is 0. The number of aryl methyl sites for hydroxylation is 1. The molecule has 1 aromatic rings. The molecule has 0 saturated carbocycles. The van der Waals surface area contributed by atoms with Crippen LogP contribution < -0.4 is 10.6 Å². The number of carbonyl (C=O) groups is 1. The fraction of sp³-hybridized carbons (Fsp3) is 0.733. The van der Waals surface area contributed by atoms with Gasteiger partial charge in [-0.25, -0.2) is 4.98 Å². The Labute approximate surface area is 155 Å². The number of likely N-dealkylation sites (tertiary alicyclic amines) is 1. The van der Waals surface area contributed by atoms with Gasteiger partial charge in [-0.15, -0.1) is 36.2 Å². The molecule has 1 saturated heterocycles. The fourth-order valence-electron chi connectivity index (χ4n) is 2.56. The molecular weight excluding hydrogens is 355 g/mol. The highest BCUT2D eigenvalue weighted by Crippen LogP contribution is 2.19. The predicted molar refractivity (Wildman–Crippen MR) is 101 cm³/mol. The van der Waals surface area contributed by atoms with Gasteiger partial charge in [0.15, 0.2) is 0 Å². The molecule has 0 radical (unpaired) electrons. The van der Waals surface area contributed by atoms with E-state index in [1.165, 1.54) is 0 Å². The van der Waals surface area contributed by atoms with Crippen molar-refractivity contribution in [2.45, 2.75) is 39.3 Å². The molecule has 0 bridgehead atoms. The number of amides is 1. The number of carbonyl (C=O) groups excluding carboxylic acids is 1. The molecule has 2 N–H and O–H groups in total. The van der Waals surface area contributed by atoms with E-state index < -0.39 is 0 Å². The first-order valence-corrected chi connectivity index (χ1v) is 8.54. The van der Waals surface area contributed by atoms with Crippen molar-refractivity contribution in [2.24, 2.45) is 5.92 Å². The molecule has 8 heteroatoms. The summed E-state index contributed by atoms with van der Waals surface area (Å²) in [5.41, 5.74) is 1.16. The van der Waals surface area contributed by atoms with Crippen molar-refractivity contribution >= 4 is 42.1 Å². The average Bonchev–Trinajstić information content (AvgIpc) is 2.90. The van der Waals surface area contributed by atoms with Gasteiger partial charge in [0.25, 0.3) is 0 Å². The molecule has 134 valence electrons. The number of nitrogens with one attached hydrogen (secondary N) is 2. The third-order valence-electron chi connectivity index (χ3n) is 4.09. The molecule has 1 aromatic heterocycles. The van der Waals surface area contributed by atoms with Crippen LogP contribution in [-0.4, -0.2) is 48.5 Å². The summed E-state index contributed by atoms with van der Waals surface area (Å²) in [4.78, 5) is 19.0. The summed E-state index contributed by atoms with van der Waals surface area (Å²) in [6, 6.07) is 0.321. The second-order valence-electron chi connectivity index (χ2n) is 5.84. The van der Waals surface area contributed by atoms with Crippen LogP contribution in [0.4, 0.5) is 0 Å². The lowest BCUT2D eigenvalue weighted by Gasteiger charge is -2.31. The first-order chi connectivity index (χ1) is 10.1. The normalized spacial score (nSPS) is 17.0. The van der Waals surface area contributed by atoms with Gasteiger partial charge < -0.3 is 10.6 Å². The number of halogens is 2. The Hall–Kier alpha value is -0.400. The lowest BCUT2D eigenvalue weighted by molar-refractivity contribution is -0.126. The van der Waals surface area contributed by atoms with Crippen LogP contribution in [0.15, 0.2) is 5.38 Å². The van der Waals surface area contributed by atoms with E-state index in [1.54, 1.807) is 11.3 Å². The Bertz CT molecular complexity index is 464. The van der Waals surface area contributed by atoms with Gasteiger partial charge in [-0.05, 0) is 46.8 Å². The van der Waals surface area contributed by atoms with Crippen LogP contribution in [-0.2, 0) is 11.3 Å². The number of hydrogen-bond acceptors (Lipinski definition) is 5. The monoisotopic (exact) mass is 382 g/mol. The number of piperidine rings is 1. The molecule has 1 aliphatic heterocycles. The summed E-state index contributed by atoms with van der Waals surface area (Å²) in [5, 5.41) is 9.43. The third-order valence-corrected chi connectivity index (χ3v) is 4.91. The van der Waals surface area contributed by atoms with E-state index >= 15 is 0 Å². The largest absolute Gasteiger partial charge is 0.354 e. The van der Waals surface area contributed by atoms with Gasteiger partial charge in [0.05, 0.1) is 10.7 Å². The predicted octanol–water partition coefficient (Wildman–Crippen LogP) is 2.23. The number of nitrogens with zero attached hydrogens (tertiary/aromatic N) is 2. The number of hydrogen-bond donors (Lipinski definition) is 2. The summed E-state index contributed by atoms with van der Waals surface area (Å²) in [5.74, 6) is 0.378. The van der Waals surface area contributed by atoms with Gasteiger partial charge in [-0.1, -0.05) is 0 Å². The van der Waals surface area contributed by atoms with Crippen molar-refractivity contribution in [1.82, 2.24) is 20.5 Å². The van der Waals surface area contributed by atoms with E-state index in [4.69, 9.17) is 0 Å². The van der Waals surface area contributed by atoms with Crippen molar-refractivity contribution in [1.29, 1.82) is 0 Å². The Morgan fingerprint density at radius 2 is 2.09 bits per heavy atom. The van der Waals surface area contributed by atoms with Crippen molar-refractivity contribution in [3.05, 3.63) is 16.1 Å². The van der Waals surface area contributed by atoms with Crippen LogP contribution in [0, 0.1) is 12.8 Å². The highest BCUT2D eigenvalue weighted by Gasteiger charge is 2.25. The second-order valence-corrected chi connectivity index (χ2v) is 6.91. The minimum Gasteiger partial charge on any atom is -0.354 e. The first-order valence-electron chi connectivity index (χ1n) is 7.67. The first kappa shape index (κ1) is 22.6. The van der Waals surface area contributed by atoms with Gasteiger partial charge >= 0.3 is 0 Å². The molecule has 1 aliphatic rings. The van der Waals surface area contributed by atoms with E-state index in [0.29, 0.717) is 12.6 Å². The summed E-state index contributed by atoms with van der Waals surface area (Å²) in [7, 11) is 1.91. The fourth-order valence-corrected chi connectivity index (χ4v) is 3.17. The van der Waals surface area contributed by atoms with Crippen LogP contribution in [0.5, 0.6) is 0 Å². The van der Waals surface area contributed by atoms with Gasteiger partial charge in [-0.2, -0.15) is 0 Å². The summed E-state index contributed by atoms with van der Waals surface area (Å²) >= 11 is 1.70. The van der Waals surface area contributed by atoms with Gasteiger partial charge in [-0.3, -0.25) is 9.69 Å². The molecule has 0 aromatic carbocycles. The maximum atomic E-state index is 12.1. The van der Waals surface area contributed by atoms with Crippen molar-refractivity contribution in [2.75, 3.05) is 26.7 Å². The van der Waals surface area contributed by atoms with Crippen molar-refractivity contribution < 1.29 is 4.79 Å². The second kappa shape index (κ2) is 11.2. The van der Waals surface area contributed by atoms with Crippen LogP contribution in [0.25, 0.3) is 0 Å². The Balaban J connectivity index is 0.00000242. The van der Waals surface area contributed by atoms with Gasteiger partial charge in [0, 0.05) is 30.4 Å². The van der Waals surface area contributed by atoms with E-state index in [2.05, 4.69) is 32.8 Å². The number of aromatic nitrogens is 1. The molecule has 2 rings (SSSR count). The van der Waals surface area contributed by atoms with Crippen LogP contribution in [0.1, 0.15) is 30.5 Å². The van der Waals surface area contributed by atoms with E-state index in [1.807, 2.05) is 14.0 Å². The third kappa shape index (κ3) is 7.35. The lowest BCUT2D eigenvalue weighted by Crippen LogP contribution is -2.43. The Kier molecular flexibility index (Phi) is 11.0. The van der Waals surface area contributed by atoms with Gasteiger partial charge in [0.1, 0.15) is 0 Å². The van der Waals surface area contributed by atoms with Crippen LogP contribution in [0.3, 0.4) is 0 Å². The van der Waals surface area contributed by atoms with E-state index in [9.17, 15) is 4.79 Å². The average molecular weight is 383 g/mol. The summed E-state index contributed by atoms with van der Waals surface area (Å²) < 4.78 is 0. The maximum absolute atomic E-state index is 12.1. The highest BCUT2D eigenvalue weighted by atomic mass is 35.5. The van der Waals surface area contributed by atoms with Gasteiger partial charge in [0.2, 0.25) is 5.91 Å². The standard InChI is InChI=1S/C15H26N4OS.2ClH/c1-11(16-3)8-17-15(20)13-4-6-19(7-5-13)9-14-10-21-12(2)18-14;;/h10-11,13,16H,4-9H2,1-3H3,(H,17,20);2*1H. The highest BCUT2D eigenvalue weighted by molar-refractivity contribution is 7.09. The number of rotatable bonds is 6. The molecule has 1 unspecified atom stereocenters. The summed E-state index contributed by atoms with van der Waals surface area (Å²) in [6.07, 6.45) is 1.89. The Morgan fingerprint density at radius 3 is 2.61 bits per heavy atom. The van der Waals surface area contributed by atoms with E-state index in [0.717, 1.165) is 43.2 Å². The zero-order chi connectivity index (χ0) is 15.2. The molecule has 1 amide bonds.